The average molecular weight is 482 g/mol. The summed E-state index contributed by atoms with van der Waals surface area (Å²) in [6.07, 6.45) is -3.92. The molecule has 2 aromatic heterocycles. The molecular formula is C21H15F5N4O4. The van der Waals surface area contributed by atoms with Crippen LogP contribution in [0.5, 0.6) is 17.4 Å². The van der Waals surface area contributed by atoms with Gasteiger partial charge < -0.3 is 19.1 Å². The number of anilines is 1. The fourth-order valence-corrected chi connectivity index (χ4v) is 3.75. The molecule has 1 fully saturated rings. The van der Waals surface area contributed by atoms with Crippen molar-refractivity contribution in [2.24, 2.45) is 0 Å². The molecule has 0 aliphatic carbocycles. The van der Waals surface area contributed by atoms with Crippen molar-refractivity contribution in [3.05, 3.63) is 69.9 Å². The molecule has 13 heteroatoms. The van der Waals surface area contributed by atoms with Crippen molar-refractivity contribution < 1.29 is 36.2 Å². The van der Waals surface area contributed by atoms with Gasteiger partial charge in [-0.05, 0) is 23.8 Å². The van der Waals surface area contributed by atoms with E-state index in [4.69, 9.17) is 14.2 Å². The second-order valence-electron chi connectivity index (χ2n) is 7.62. The lowest BCUT2D eigenvalue weighted by Gasteiger charge is -2.15. The largest absolute Gasteiger partial charge is 0.473 e. The van der Waals surface area contributed by atoms with Crippen LogP contribution >= 0.6 is 0 Å². The molecule has 0 unspecified atom stereocenters. The molecule has 3 aromatic rings. The van der Waals surface area contributed by atoms with Crippen molar-refractivity contribution in [1.82, 2.24) is 14.5 Å². The molecule has 4 heterocycles. The third-order valence-corrected chi connectivity index (χ3v) is 5.32. The molecular weight excluding hydrogens is 467 g/mol. The minimum Gasteiger partial charge on any atom is -0.473 e. The molecule has 1 aromatic carbocycles. The average Bonchev–Trinajstić information content (AvgIpc) is 3.37. The fourth-order valence-electron chi connectivity index (χ4n) is 3.75. The Labute approximate surface area is 188 Å². The van der Waals surface area contributed by atoms with Gasteiger partial charge in [0.2, 0.25) is 5.88 Å². The smallest absolute Gasteiger partial charge is 0.433 e. The number of ether oxygens (including phenoxy) is 3. The molecule has 2 aliphatic heterocycles. The lowest BCUT2D eigenvalue weighted by molar-refractivity contribution is -0.141. The van der Waals surface area contributed by atoms with Gasteiger partial charge in [0, 0.05) is 18.3 Å². The van der Waals surface area contributed by atoms with E-state index >= 15 is 0 Å². The first-order chi connectivity index (χ1) is 16.2. The van der Waals surface area contributed by atoms with E-state index in [0.29, 0.717) is 31.8 Å². The van der Waals surface area contributed by atoms with Crippen LogP contribution in [0.4, 0.5) is 27.8 Å². The van der Waals surface area contributed by atoms with Gasteiger partial charge in [-0.2, -0.15) is 18.2 Å². The van der Waals surface area contributed by atoms with Gasteiger partial charge >= 0.3 is 11.9 Å². The van der Waals surface area contributed by atoms with Crippen LogP contribution in [0.25, 0.3) is 0 Å². The van der Waals surface area contributed by atoms with Gasteiger partial charge in [-0.15, -0.1) is 0 Å². The van der Waals surface area contributed by atoms with Crippen LogP contribution in [0.2, 0.25) is 0 Å². The number of hydrogen-bond acceptors (Lipinski definition) is 7. The highest BCUT2D eigenvalue weighted by Gasteiger charge is 2.35. The standard InChI is InChI=1S/C21H15F5N4O4/c22-14-3-11(4-15(23)19(14)34-13-1-2-27-16(5-13)21(24,25)26)8-33-17-6-18-29(20(31)28-17)7-12-9-32-10-30(12)18/h1-6,12H,7-10H2/t12-/m1/s1. The summed E-state index contributed by atoms with van der Waals surface area (Å²) in [7, 11) is 0. The zero-order valence-corrected chi connectivity index (χ0v) is 17.2. The van der Waals surface area contributed by atoms with E-state index in [1.54, 1.807) is 6.07 Å². The highest BCUT2D eigenvalue weighted by Crippen LogP contribution is 2.34. The van der Waals surface area contributed by atoms with E-state index in [0.717, 1.165) is 24.4 Å². The number of pyridine rings is 1. The highest BCUT2D eigenvalue weighted by molar-refractivity contribution is 5.47. The van der Waals surface area contributed by atoms with E-state index in [9.17, 15) is 26.7 Å². The summed E-state index contributed by atoms with van der Waals surface area (Å²) in [5.74, 6) is -3.06. The van der Waals surface area contributed by atoms with Crippen LogP contribution in [-0.4, -0.2) is 33.9 Å². The van der Waals surface area contributed by atoms with Crippen molar-refractivity contribution in [3.8, 4) is 17.4 Å². The lowest BCUT2D eigenvalue weighted by atomic mass is 10.2. The Morgan fingerprint density at radius 1 is 1.15 bits per heavy atom. The molecule has 0 saturated carbocycles. The van der Waals surface area contributed by atoms with Gasteiger partial charge in [0.1, 0.15) is 30.6 Å². The maximum absolute atomic E-state index is 14.5. The van der Waals surface area contributed by atoms with Crippen LogP contribution in [0.3, 0.4) is 0 Å². The number of fused-ring (bicyclic) bond motifs is 3. The Morgan fingerprint density at radius 2 is 1.91 bits per heavy atom. The summed E-state index contributed by atoms with van der Waals surface area (Å²) in [4.78, 5) is 21.2. The van der Waals surface area contributed by atoms with E-state index in [1.165, 1.54) is 4.57 Å². The van der Waals surface area contributed by atoms with Crippen LogP contribution < -0.4 is 20.1 Å². The Hall–Kier alpha value is -3.74. The van der Waals surface area contributed by atoms with E-state index < -0.39 is 40.7 Å². The monoisotopic (exact) mass is 482 g/mol. The molecule has 1 saturated heterocycles. The molecule has 2 aliphatic rings. The number of rotatable bonds is 5. The van der Waals surface area contributed by atoms with E-state index in [2.05, 4.69) is 9.97 Å². The quantitative estimate of drug-likeness (QED) is 0.516. The second kappa shape index (κ2) is 8.24. The van der Waals surface area contributed by atoms with Crippen molar-refractivity contribution in [2.75, 3.05) is 18.2 Å². The number of halogens is 5. The van der Waals surface area contributed by atoms with Crippen LogP contribution in [-0.2, 0) is 24.1 Å². The van der Waals surface area contributed by atoms with Gasteiger partial charge in [-0.25, -0.2) is 13.6 Å². The SMILES string of the molecule is O=c1nc(OCc2cc(F)c(Oc3ccnc(C(F)(F)F)c3)c(F)c2)cc2n1C[C@@H]1COCN21. The normalized spacial score (nSPS) is 17.0. The predicted octanol–water partition coefficient (Wildman–Crippen LogP) is 3.48. The summed E-state index contributed by atoms with van der Waals surface area (Å²) in [5, 5.41) is 0. The minimum absolute atomic E-state index is 0.0265. The molecule has 0 radical (unpaired) electrons. The predicted molar refractivity (Wildman–Crippen MR) is 106 cm³/mol. The fraction of sp³-hybridized carbons (Fsp3) is 0.286. The Balaban J connectivity index is 1.32. The van der Waals surface area contributed by atoms with Gasteiger partial charge in [-0.3, -0.25) is 9.55 Å². The second-order valence-corrected chi connectivity index (χ2v) is 7.62. The zero-order valence-electron chi connectivity index (χ0n) is 17.2. The van der Waals surface area contributed by atoms with Gasteiger partial charge in [0.25, 0.3) is 0 Å². The molecule has 1 atom stereocenters. The molecule has 0 spiro atoms. The van der Waals surface area contributed by atoms with Crippen molar-refractivity contribution in [2.45, 2.75) is 25.4 Å². The van der Waals surface area contributed by atoms with Crippen molar-refractivity contribution in [1.29, 1.82) is 0 Å². The molecule has 0 amide bonds. The number of benzene rings is 1. The molecule has 34 heavy (non-hydrogen) atoms. The van der Waals surface area contributed by atoms with Crippen LogP contribution in [0.1, 0.15) is 11.3 Å². The van der Waals surface area contributed by atoms with E-state index in [-0.39, 0.29) is 24.1 Å². The molecule has 8 nitrogen and oxygen atoms in total. The molecule has 178 valence electrons. The summed E-state index contributed by atoms with van der Waals surface area (Å²) in [6.45, 7) is 0.938. The Kier molecular flexibility index (Phi) is 5.35. The zero-order chi connectivity index (χ0) is 24.0. The van der Waals surface area contributed by atoms with Gasteiger partial charge in [0.15, 0.2) is 17.4 Å². The Bertz CT molecular complexity index is 1290. The Morgan fingerprint density at radius 3 is 2.65 bits per heavy atom. The first-order valence-electron chi connectivity index (χ1n) is 9.97. The maximum atomic E-state index is 14.5. The first-order valence-corrected chi connectivity index (χ1v) is 9.97. The summed E-state index contributed by atoms with van der Waals surface area (Å²) < 4.78 is 84.7. The summed E-state index contributed by atoms with van der Waals surface area (Å²) >= 11 is 0. The number of alkyl halides is 3. The molecule has 0 bridgehead atoms. The lowest BCUT2D eigenvalue weighted by Crippen LogP contribution is -2.26. The molecule has 5 rings (SSSR count). The van der Waals surface area contributed by atoms with Crippen LogP contribution in [0, 0.1) is 11.6 Å². The number of nitrogens with zero attached hydrogens (tertiary/aromatic N) is 4. The summed E-state index contributed by atoms with van der Waals surface area (Å²) in [5.41, 5.74) is -1.73. The minimum atomic E-state index is -4.74. The third kappa shape index (κ3) is 4.14. The number of hydrogen-bond donors (Lipinski definition) is 0. The maximum Gasteiger partial charge on any atom is 0.433 e. The van der Waals surface area contributed by atoms with Crippen molar-refractivity contribution in [3.63, 3.8) is 0 Å². The van der Waals surface area contributed by atoms with Crippen LogP contribution in [0.15, 0.2) is 41.3 Å². The van der Waals surface area contributed by atoms with Gasteiger partial charge in [-0.1, -0.05) is 0 Å². The number of aromatic nitrogens is 3. The summed E-state index contributed by atoms with van der Waals surface area (Å²) in [6, 6.07) is 4.97. The van der Waals surface area contributed by atoms with Gasteiger partial charge in [0.05, 0.1) is 19.2 Å². The highest BCUT2D eigenvalue weighted by atomic mass is 19.4. The first kappa shape index (κ1) is 22.1. The van der Waals surface area contributed by atoms with E-state index in [1.807, 2.05) is 4.90 Å². The third-order valence-electron chi connectivity index (χ3n) is 5.32. The van der Waals surface area contributed by atoms with Crippen molar-refractivity contribution >= 4 is 5.82 Å². The topological polar surface area (TPSA) is 78.7 Å². The molecule has 0 N–H and O–H groups in total.